The molecule has 0 aliphatic carbocycles. The van der Waals surface area contributed by atoms with Gasteiger partial charge in [-0.1, -0.05) is 30.3 Å². The summed E-state index contributed by atoms with van der Waals surface area (Å²) in [6.07, 6.45) is 6.62. The predicted molar refractivity (Wildman–Crippen MR) is 62.6 cm³/mol. The summed E-state index contributed by atoms with van der Waals surface area (Å²) in [5, 5.41) is 0. The molecule has 0 saturated heterocycles. The Balaban J connectivity index is 2.56. The van der Waals surface area contributed by atoms with E-state index in [1.807, 2.05) is 44.2 Å². The van der Waals surface area contributed by atoms with E-state index in [4.69, 9.17) is 6.42 Å². The van der Waals surface area contributed by atoms with Crippen molar-refractivity contribution in [3.05, 3.63) is 35.9 Å². The molecule has 1 aromatic rings. The average Bonchev–Trinajstić information content (AvgIpc) is 2.27. The van der Waals surface area contributed by atoms with Gasteiger partial charge in [0.15, 0.2) is 5.78 Å². The first-order valence-corrected chi connectivity index (χ1v) is 5.11. The second-order valence-corrected chi connectivity index (χ2v) is 4.32. The standard InChI is InChI=1S/C14H16O/c1-4-14(2,3)11-10-13(15)12-8-6-5-7-9-12/h1,5-9H,10-11H2,2-3H3. The van der Waals surface area contributed by atoms with Crippen LogP contribution in [0.4, 0.5) is 0 Å². The summed E-state index contributed by atoms with van der Waals surface area (Å²) < 4.78 is 0. The molecule has 0 aliphatic rings. The predicted octanol–water partition coefficient (Wildman–Crippen LogP) is 3.31. The van der Waals surface area contributed by atoms with Gasteiger partial charge in [-0.05, 0) is 20.3 Å². The van der Waals surface area contributed by atoms with Crippen molar-refractivity contribution in [2.45, 2.75) is 26.7 Å². The summed E-state index contributed by atoms with van der Waals surface area (Å²) in [6.45, 7) is 3.95. The Morgan fingerprint density at radius 2 is 1.93 bits per heavy atom. The molecular weight excluding hydrogens is 184 g/mol. The molecule has 0 amide bonds. The summed E-state index contributed by atoms with van der Waals surface area (Å²) in [4.78, 5) is 11.7. The minimum Gasteiger partial charge on any atom is -0.294 e. The molecule has 1 aromatic carbocycles. The zero-order valence-electron chi connectivity index (χ0n) is 9.29. The van der Waals surface area contributed by atoms with E-state index < -0.39 is 0 Å². The van der Waals surface area contributed by atoms with Gasteiger partial charge in [-0.3, -0.25) is 4.79 Å². The monoisotopic (exact) mass is 200 g/mol. The Bertz CT molecular complexity index is 368. The molecule has 0 saturated carbocycles. The number of carbonyl (C=O) groups excluding carboxylic acids is 1. The molecule has 78 valence electrons. The van der Waals surface area contributed by atoms with Crippen LogP contribution in [-0.2, 0) is 0 Å². The Kier molecular flexibility index (Phi) is 3.68. The number of hydrogen-bond acceptors (Lipinski definition) is 1. The summed E-state index contributed by atoms with van der Waals surface area (Å²) >= 11 is 0. The lowest BCUT2D eigenvalue weighted by Gasteiger charge is -2.16. The van der Waals surface area contributed by atoms with E-state index in [2.05, 4.69) is 5.92 Å². The number of rotatable bonds is 4. The summed E-state index contributed by atoms with van der Waals surface area (Å²) in [5.74, 6) is 2.86. The molecule has 1 rings (SSSR count). The quantitative estimate of drug-likeness (QED) is 0.538. The number of Topliss-reactive ketones (excluding diaryl/α,β-unsaturated/α-hetero) is 1. The number of carbonyl (C=O) groups is 1. The highest BCUT2D eigenvalue weighted by molar-refractivity contribution is 5.95. The van der Waals surface area contributed by atoms with Crippen LogP contribution in [0, 0.1) is 17.8 Å². The molecule has 0 spiro atoms. The third kappa shape index (κ3) is 3.59. The molecule has 0 radical (unpaired) electrons. The van der Waals surface area contributed by atoms with Crippen LogP contribution < -0.4 is 0 Å². The molecule has 1 nitrogen and oxygen atoms in total. The zero-order chi connectivity index (χ0) is 11.3. The van der Waals surface area contributed by atoms with Crippen molar-refractivity contribution < 1.29 is 4.79 Å². The van der Waals surface area contributed by atoms with Crippen LogP contribution in [0.3, 0.4) is 0 Å². The van der Waals surface area contributed by atoms with Gasteiger partial charge in [0, 0.05) is 17.4 Å². The van der Waals surface area contributed by atoms with Crippen LogP contribution in [0.15, 0.2) is 30.3 Å². The first-order chi connectivity index (χ1) is 7.05. The normalized spacial score (nSPS) is 10.7. The SMILES string of the molecule is C#CC(C)(C)CCC(=O)c1ccccc1. The Labute approximate surface area is 91.5 Å². The molecule has 15 heavy (non-hydrogen) atoms. The molecule has 1 heteroatoms. The van der Waals surface area contributed by atoms with Crippen LogP contribution in [-0.4, -0.2) is 5.78 Å². The number of benzene rings is 1. The molecule has 0 N–H and O–H groups in total. The van der Waals surface area contributed by atoms with Crippen LogP contribution >= 0.6 is 0 Å². The topological polar surface area (TPSA) is 17.1 Å². The lowest BCUT2D eigenvalue weighted by Crippen LogP contribution is -2.11. The summed E-state index contributed by atoms with van der Waals surface area (Å²) in [5.41, 5.74) is 0.579. The highest BCUT2D eigenvalue weighted by Gasteiger charge is 2.16. The maximum absolute atomic E-state index is 11.7. The van der Waals surface area contributed by atoms with E-state index in [9.17, 15) is 4.79 Å². The molecule has 0 unspecified atom stereocenters. The largest absolute Gasteiger partial charge is 0.294 e. The highest BCUT2D eigenvalue weighted by Crippen LogP contribution is 2.21. The highest BCUT2D eigenvalue weighted by atomic mass is 16.1. The van der Waals surface area contributed by atoms with Crippen molar-refractivity contribution >= 4 is 5.78 Å². The van der Waals surface area contributed by atoms with Crippen LogP contribution in [0.1, 0.15) is 37.0 Å². The van der Waals surface area contributed by atoms with E-state index in [0.717, 1.165) is 12.0 Å². The maximum Gasteiger partial charge on any atom is 0.162 e. The van der Waals surface area contributed by atoms with Crippen LogP contribution in [0.2, 0.25) is 0 Å². The fourth-order valence-corrected chi connectivity index (χ4v) is 1.27. The van der Waals surface area contributed by atoms with Gasteiger partial charge in [-0.25, -0.2) is 0 Å². The first-order valence-electron chi connectivity index (χ1n) is 5.11. The van der Waals surface area contributed by atoms with Gasteiger partial charge in [0.05, 0.1) is 0 Å². The van der Waals surface area contributed by atoms with Gasteiger partial charge in [0.2, 0.25) is 0 Å². The van der Waals surface area contributed by atoms with Crippen LogP contribution in [0.5, 0.6) is 0 Å². The maximum atomic E-state index is 11.7. The lowest BCUT2D eigenvalue weighted by molar-refractivity contribution is 0.0970. The second-order valence-electron chi connectivity index (χ2n) is 4.32. The van der Waals surface area contributed by atoms with Crippen molar-refractivity contribution in [1.82, 2.24) is 0 Å². The average molecular weight is 200 g/mol. The lowest BCUT2D eigenvalue weighted by atomic mass is 9.87. The van der Waals surface area contributed by atoms with E-state index >= 15 is 0 Å². The molecule has 0 aromatic heterocycles. The van der Waals surface area contributed by atoms with E-state index in [-0.39, 0.29) is 11.2 Å². The smallest absolute Gasteiger partial charge is 0.162 e. The number of terminal acetylenes is 1. The van der Waals surface area contributed by atoms with Crippen LogP contribution in [0.25, 0.3) is 0 Å². The Hall–Kier alpha value is -1.55. The minimum absolute atomic E-state index is 0.166. The van der Waals surface area contributed by atoms with Crippen molar-refractivity contribution in [2.75, 3.05) is 0 Å². The van der Waals surface area contributed by atoms with Crippen molar-refractivity contribution in [3.63, 3.8) is 0 Å². The first kappa shape index (κ1) is 11.5. The molecule has 0 bridgehead atoms. The second kappa shape index (κ2) is 4.79. The third-order valence-electron chi connectivity index (χ3n) is 2.46. The third-order valence-corrected chi connectivity index (χ3v) is 2.46. The molecule has 0 fully saturated rings. The van der Waals surface area contributed by atoms with Gasteiger partial charge < -0.3 is 0 Å². The van der Waals surface area contributed by atoms with Gasteiger partial charge in [-0.15, -0.1) is 12.3 Å². The molecular formula is C14H16O. The van der Waals surface area contributed by atoms with Crippen molar-refractivity contribution in [3.8, 4) is 12.3 Å². The zero-order valence-corrected chi connectivity index (χ0v) is 9.29. The van der Waals surface area contributed by atoms with Gasteiger partial charge >= 0.3 is 0 Å². The summed E-state index contributed by atoms with van der Waals surface area (Å²) in [7, 11) is 0. The number of hydrogen-bond donors (Lipinski definition) is 0. The van der Waals surface area contributed by atoms with E-state index in [1.54, 1.807) is 0 Å². The van der Waals surface area contributed by atoms with Gasteiger partial charge in [-0.2, -0.15) is 0 Å². The van der Waals surface area contributed by atoms with Gasteiger partial charge in [0.1, 0.15) is 0 Å². The fraction of sp³-hybridized carbons (Fsp3) is 0.357. The summed E-state index contributed by atoms with van der Waals surface area (Å²) in [6, 6.07) is 9.33. The van der Waals surface area contributed by atoms with E-state index in [0.29, 0.717) is 6.42 Å². The van der Waals surface area contributed by atoms with Crippen molar-refractivity contribution in [1.29, 1.82) is 0 Å². The fourth-order valence-electron chi connectivity index (χ4n) is 1.27. The molecule has 0 atom stereocenters. The minimum atomic E-state index is -0.190. The Morgan fingerprint density at radius 3 is 2.47 bits per heavy atom. The number of ketones is 1. The Morgan fingerprint density at radius 1 is 1.33 bits per heavy atom. The molecule has 0 aliphatic heterocycles. The van der Waals surface area contributed by atoms with E-state index in [1.165, 1.54) is 0 Å². The van der Waals surface area contributed by atoms with Crippen molar-refractivity contribution in [2.24, 2.45) is 5.41 Å². The molecule has 0 heterocycles. The van der Waals surface area contributed by atoms with Gasteiger partial charge in [0.25, 0.3) is 0 Å².